The molecule has 1 rings (SSSR count). The van der Waals surface area contributed by atoms with Gasteiger partial charge in [-0.1, -0.05) is 32.4 Å². The van der Waals surface area contributed by atoms with Crippen molar-refractivity contribution in [3.05, 3.63) is 29.8 Å². The molecule has 200 valence electrons. The van der Waals surface area contributed by atoms with Gasteiger partial charge in [0.05, 0.1) is 6.04 Å². The van der Waals surface area contributed by atoms with Crippen molar-refractivity contribution in [2.24, 2.45) is 11.7 Å². The minimum Gasteiger partial charge on any atom is -0.508 e. The van der Waals surface area contributed by atoms with Crippen LogP contribution in [0.25, 0.3) is 0 Å². The predicted octanol–water partition coefficient (Wildman–Crippen LogP) is -0.358. The second-order valence-corrected chi connectivity index (χ2v) is 8.79. The van der Waals surface area contributed by atoms with Crippen LogP contribution in [0.5, 0.6) is 5.75 Å². The second kappa shape index (κ2) is 14.9. The van der Waals surface area contributed by atoms with Crippen molar-refractivity contribution in [1.29, 1.82) is 0 Å². The maximum atomic E-state index is 13.2. The van der Waals surface area contributed by atoms with Crippen LogP contribution in [0, 0.1) is 5.92 Å². The molecule has 13 heteroatoms. The topological polar surface area (TPSA) is 208 Å². The summed E-state index contributed by atoms with van der Waals surface area (Å²) in [6.45, 7) is 3.46. The van der Waals surface area contributed by atoms with Crippen molar-refractivity contribution >= 4 is 42.3 Å². The third-order valence-electron chi connectivity index (χ3n) is 5.60. The van der Waals surface area contributed by atoms with Crippen molar-refractivity contribution in [1.82, 2.24) is 16.0 Å². The van der Waals surface area contributed by atoms with Gasteiger partial charge in [-0.05, 0) is 30.0 Å². The van der Waals surface area contributed by atoms with Gasteiger partial charge in [0.25, 0.3) is 0 Å². The molecule has 0 bridgehead atoms. The summed E-state index contributed by atoms with van der Waals surface area (Å²) in [5.74, 6) is -5.13. The summed E-state index contributed by atoms with van der Waals surface area (Å²) >= 11 is 3.99. The first-order valence-corrected chi connectivity index (χ1v) is 12.0. The summed E-state index contributed by atoms with van der Waals surface area (Å²) in [5, 5.41) is 35.1. The quantitative estimate of drug-likeness (QED) is 0.140. The van der Waals surface area contributed by atoms with E-state index in [0.717, 1.165) is 0 Å². The molecule has 36 heavy (non-hydrogen) atoms. The zero-order valence-electron chi connectivity index (χ0n) is 20.1. The maximum Gasteiger partial charge on any atom is 0.326 e. The van der Waals surface area contributed by atoms with Gasteiger partial charge < -0.3 is 37.0 Å². The molecule has 0 fully saturated rings. The standard InChI is InChI=1S/C23H34N4O8S/c1-3-12(2)19(22(33)25-16(23(34)35)8-9-18(29)30)27-21(32)17(26-20(31)15(24)11-36)10-13-4-6-14(28)7-5-13/h4-7,12,15-17,19,28,36H,3,8-11,24H2,1-2H3,(H,25,33)(H,26,31)(H,27,32)(H,29,30)(H,34,35)/t12-,15-,16-,17-,19-/m0/s1. The predicted molar refractivity (Wildman–Crippen MR) is 133 cm³/mol. The van der Waals surface area contributed by atoms with Gasteiger partial charge in [-0.25, -0.2) is 4.79 Å². The van der Waals surface area contributed by atoms with Crippen LogP contribution in [0.2, 0.25) is 0 Å². The third kappa shape index (κ3) is 10.1. The lowest BCUT2D eigenvalue weighted by Crippen LogP contribution is -2.59. The fourth-order valence-electron chi connectivity index (χ4n) is 3.18. The Morgan fingerprint density at radius 3 is 2.03 bits per heavy atom. The highest BCUT2D eigenvalue weighted by Gasteiger charge is 2.33. The Labute approximate surface area is 214 Å². The first-order chi connectivity index (χ1) is 16.9. The summed E-state index contributed by atoms with van der Waals surface area (Å²) < 4.78 is 0. The fourth-order valence-corrected chi connectivity index (χ4v) is 3.35. The number of nitrogens with one attached hydrogen (secondary N) is 3. The number of carboxylic acid groups (broad SMARTS) is 2. The summed E-state index contributed by atoms with van der Waals surface area (Å²) in [4.78, 5) is 60.9. The van der Waals surface area contributed by atoms with Crippen molar-refractivity contribution < 1.29 is 39.3 Å². The van der Waals surface area contributed by atoms with Crippen molar-refractivity contribution in [3.8, 4) is 5.75 Å². The smallest absolute Gasteiger partial charge is 0.326 e. The number of phenols is 1. The van der Waals surface area contributed by atoms with E-state index in [-0.39, 0.29) is 24.3 Å². The summed E-state index contributed by atoms with van der Waals surface area (Å²) in [6.07, 6.45) is -0.338. The van der Waals surface area contributed by atoms with Gasteiger partial charge in [0.15, 0.2) is 0 Å². The number of benzene rings is 1. The molecule has 0 heterocycles. The molecule has 1 aromatic rings. The monoisotopic (exact) mass is 526 g/mol. The zero-order valence-corrected chi connectivity index (χ0v) is 21.0. The average Bonchev–Trinajstić information content (AvgIpc) is 2.84. The molecule has 0 aliphatic carbocycles. The molecule has 0 aliphatic heterocycles. The number of amides is 3. The molecule has 0 saturated carbocycles. The van der Waals surface area contributed by atoms with Crippen molar-refractivity contribution in [2.45, 2.75) is 63.7 Å². The van der Waals surface area contributed by atoms with E-state index in [1.165, 1.54) is 12.1 Å². The minimum absolute atomic E-state index is 0.0162. The number of rotatable bonds is 15. The molecule has 0 radical (unpaired) electrons. The van der Waals surface area contributed by atoms with Crippen LogP contribution in [-0.2, 0) is 30.4 Å². The maximum absolute atomic E-state index is 13.2. The van der Waals surface area contributed by atoms with Gasteiger partial charge in [0.1, 0.15) is 23.9 Å². The summed E-state index contributed by atoms with van der Waals surface area (Å²) in [6, 6.07) is 1.23. The molecular formula is C23H34N4O8S. The number of hydrogen-bond acceptors (Lipinski definition) is 8. The lowest BCUT2D eigenvalue weighted by molar-refractivity contribution is -0.143. The van der Waals surface area contributed by atoms with E-state index in [1.807, 2.05) is 0 Å². The first-order valence-electron chi connectivity index (χ1n) is 11.4. The van der Waals surface area contributed by atoms with E-state index in [9.17, 15) is 34.2 Å². The molecule has 8 N–H and O–H groups in total. The van der Waals surface area contributed by atoms with Gasteiger partial charge >= 0.3 is 11.9 Å². The molecule has 0 aliphatic rings. The van der Waals surface area contributed by atoms with Gasteiger partial charge in [-0.15, -0.1) is 0 Å². The Morgan fingerprint density at radius 1 is 0.944 bits per heavy atom. The van der Waals surface area contributed by atoms with Crippen LogP contribution in [0.1, 0.15) is 38.7 Å². The van der Waals surface area contributed by atoms with Gasteiger partial charge in [0.2, 0.25) is 17.7 Å². The van der Waals surface area contributed by atoms with Crippen LogP contribution >= 0.6 is 12.6 Å². The van der Waals surface area contributed by atoms with E-state index in [1.54, 1.807) is 26.0 Å². The molecule has 5 atom stereocenters. The Hall–Kier alpha value is -3.32. The van der Waals surface area contributed by atoms with Crippen LogP contribution in [0.4, 0.5) is 0 Å². The lowest BCUT2D eigenvalue weighted by Gasteiger charge is -2.28. The number of aliphatic carboxylic acids is 2. The number of aromatic hydroxyl groups is 1. The van der Waals surface area contributed by atoms with Crippen LogP contribution in [0.15, 0.2) is 24.3 Å². The van der Waals surface area contributed by atoms with E-state index >= 15 is 0 Å². The third-order valence-corrected chi connectivity index (χ3v) is 5.99. The Morgan fingerprint density at radius 2 is 1.53 bits per heavy atom. The van der Waals surface area contributed by atoms with Gasteiger partial charge in [-0.2, -0.15) is 12.6 Å². The van der Waals surface area contributed by atoms with E-state index in [2.05, 4.69) is 28.6 Å². The average molecular weight is 527 g/mol. The van der Waals surface area contributed by atoms with Crippen LogP contribution in [0.3, 0.4) is 0 Å². The minimum atomic E-state index is -1.46. The van der Waals surface area contributed by atoms with Crippen molar-refractivity contribution in [2.75, 3.05) is 5.75 Å². The SMILES string of the molecule is CC[C@H](C)[C@H](NC(=O)[C@H](Cc1ccc(O)cc1)NC(=O)[C@@H](N)CS)C(=O)N[C@@H](CCC(=O)O)C(=O)O. The Balaban J connectivity index is 3.12. The molecule has 3 amide bonds. The Bertz CT molecular complexity index is 927. The second-order valence-electron chi connectivity index (χ2n) is 8.42. The molecule has 0 spiro atoms. The van der Waals surface area contributed by atoms with E-state index in [4.69, 9.17) is 10.8 Å². The largest absolute Gasteiger partial charge is 0.508 e. The lowest BCUT2D eigenvalue weighted by atomic mass is 9.96. The Kier molecular flexibility index (Phi) is 12.7. The van der Waals surface area contributed by atoms with Crippen molar-refractivity contribution in [3.63, 3.8) is 0 Å². The first kappa shape index (κ1) is 30.7. The highest BCUT2D eigenvalue weighted by atomic mass is 32.1. The number of nitrogens with two attached hydrogens (primary N) is 1. The number of thiol groups is 1. The van der Waals surface area contributed by atoms with E-state index in [0.29, 0.717) is 12.0 Å². The molecule has 1 aromatic carbocycles. The zero-order chi connectivity index (χ0) is 27.4. The highest BCUT2D eigenvalue weighted by molar-refractivity contribution is 7.80. The van der Waals surface area contributed by atoms with Crippen LogP contribution < -0.4 is 21.7 Å². The van der Waals surface area contributed by atoms with E-state index < -0.39 is 66.2 Å². The molecule has 0 unspecified atom stereocenters. The number of carbonyl (C=O) groups is 5. The number of carboxylic acids is 2. The summed E-state index contributed by atoms with van der Waals surface area (Å²) in [7, 11) is 0. The normalized spacial score (nSPS) is 15.0. The van der Waals surface area contributed by atoms with Gasteiger partial charge in [-0.3, -0.25) is 19.2 Å². The van der Waals surface area contributed by atoms with Crippen LogP contribution in [-0.4, -0.2) is 74.9 Å². The number of hydrogen-bond donors (Lipinski definition) is 8. The molecular weight excluding hydrogens is 492 g/mol. The highest BCUT2D eigenvalue weighted by Crippen LogP contribution is 2.13. The summed E-state index contributed by atoms with van der Waals surface area (Å²) in [5.41, 5.74) is 6.32. The fraction of sp³-hybridized carbons (Fsp3) is 0.522. The number of phenolic OH excluding ortho intramolecular Hbond substituents is 1. The molecule has 0 saturated heterocycles. The molecule has 0 aromatic heterocycles. The van der Waals surface area contributed by atoms with Gasteiger partial charge in [0, 0.05) is 18.6 Å². The number of carbonyl (C=O) groups excluding carboxylic acids is 3. The molecule has 12 nitrogen and oxygen atoms in total.